The van der Waals surface area contributed by atoms with Crippen molar-refractivity contribution in [3.63, 3.8) is 0 Å². The molecule has 7 nitrogen and oxygen atoms in total. The topological polar surface area (TPSA) is 108 Å². The molecule has 0 radical (unpaired) electrons. The highest BCUT2D eigenvalue weighted by atomic mass is 19.1. The molecular formula is C19H25FN4O3. The molecule has 3 N–H and O–H groups in total. The maximum absolute atomic E-state index is 14.2. The summed E-state index contributed by atoms with van der Waals surface area (Å²) >= 11 is 0. The van der Waals surface area contributed by atoms with Crippen LogP contribution in [0.25, 0.3) is 11.3 Å². The van der Waals surface area contributed by atoms with Crippen molar-refractivity contribution >= 4 is 12.4 Å². The summed E-state index contributed by atoms with van der Waals surface area (Å²) in [5.74, 6) is -0.0444. The van der Waals surface area contributed by atoms with E-state index >= 15 is 0 Å². The molecule has 3 rings (SSSR count). The molecule has 0 aromatic carbocycles. The Labute approximate surface area is 157 Å². The van der Waals surface area contributed by atoms with E-state index in [0.29, 0.717) is 23.2 Å². The van der Waals surface area contributed by atoms with E-state index in [1.807, 2.05) is 0 Å². The van der Waals surface area contributed by atoms with E-state index in [4.69, 9.17) is 9.90 Å². The third-order valence-electron chi connectivity index (χ3n) is 4.34. The van der Waals surface area contributed by atoms with Crippen molar-refractivity contribution in [2.24, 2.45) is 0 Å². The van der Waals surface area contributed by atoms with Crippen LogP contribution in [0.4, 0.5) is 10.3 Å². The number of hydrogen-bond donors (Lipinski definition) is 3. The molecule has 2 heterocycles. The third kappa shape index (κ3) is 5.96. The van der Waals surface area contributed by atoms with Crippen LogP contribution in [0.2, 0.25) is 0 Å². The van der Waals surface area contributed by atoms with E-state index < -0.39 is 11.4 Å². The van der Waals surface area contributed by atoms with Crippen LogP contribution in [-0.4, -0.2) is 37.7 Å². The first-order valence-electron chi connectivity index (χ1n) is 8.91. The summed E-state index contributed by atoms with van der Waals surface area (Å²) < 4.78 is 14.2. The largest absolute Gasteiger partial charge is 0.483 e. The Morgan fingerprint density at radius 3 is 2.56 bits per heavy atom. The molecule has 1 aliphatic carbocycles. The van der Waals surface area contributed by atoms with Gasteiger partial charge in [0, 0.05) is 17.8 Å². The zero-order valence-corrected chi connectivity index (χ0v) is 15.5. The van der Waals surface area contributed by atoms with Crippen LogP contribution < -0.4 is 5.32 Å². The van der Waals surface area contributed by atoms with Gasteiger partial charge in [0.05, 0.1) is 11.9 Å². The zero-order valence-electron chi connectivity index (χ0n) is 15.5. The Bertz CT molecular complexity index is 759. The number of nitrogens with zero attached hydrogens (tertiary/aromatic N) is 3. The van der Waals surface area contributed by atoms with Crippen molar-refractivity contribution in [1.82, 2.24) is 15.0 Å². The molecule has 0 amide bonds. The molecule has 0 bridgehead atoms. The minimum atomic E-state index is -1.09. The molecule has 1 saturated carbocycles. The average Bonchev–Trinajstić information content (AvgIpc) is 2.64. The standard InChI is InChI=1S/C18H23FN4O.CH2O2/c1-18(2,24)15-10-12(8-9-20-15)16-14(19)11-21-17(23-16)22-13-6-4-3-5-7-13;2-1-3/h8-11,13,24H,3-7H2,1-2H3,(H,21,22,23);1H,(H,2,3). The van der Waals surface area contributed by atoms with E-state index in [0.717, 1.165) is 12.8 Å². The predicted molar refractivity (Wildman–Crippen MR) is 99.7 cm³/mol. The molecule has 146 valence electrons. The lowest BCUT2D eigenvalue weighted by atomic mass is 9.96. The second kappa shape index (κ2) is 9.36. The molecular weight excluding hydrogens is 351 g/mol. The van der Waals surface area contributed by atoms with Gasteiger partial charge in [0.1, 0.15) is 11.3 Å². The number of aromatic nitrogens is 3. The van der Waals surface area contributed by atoms with Gasteiger partial charge in [-0.3, -0.25) is 9.78 Å². The number of pyridine rings is 1. The fourth-order valence-corrected chi connectivity index (χ4v) is 2.98. The summed E-state index contributed by atoms with van der Waals surface area (Å²) in [6, 6.07) is 3.70. The monoisotopic (exact) mass is 376 g/mol. The number of nitrogens with one attached hydrogen (secondary N) is 1. The summed E-state index contributed by atoms with van der Waals surface area (Å²) in [7, 11) is 0. The Hall–Kier alpha value is -2.61. The van der Waals surface area contributed by atoms with Crippen LogP contribution in [0.15, 0.2) is 24.5 Å². The van der Waals surface area contributed by atoms with E-state index in [-0.39, 0.29) is 12.2 Å². The van der Waals surface area contributed by atoms with Crippen LogP contribution in [0.3, 0.4) is 0 Å². The highest BCUT2D eigenvalue weighted by Gasteiger charge is 2.20. The van der Waals surface area contributed by atoms with Gasteiger partial charge in [0.15, 0.2) is 5.82 Å². The van der Waals surface area contributed by atoms with Crippen molar-refractivity contribution in [2.75, 3.05) is 5.32 Å². The summed E-state index contributed by atoms with van der Waals surface area (Å²) in [6.07, 6.45) is 8.60. The normalized spacial score (nSPS) is 14.8. The van der Waals surface area contributed by atoms with Crippen LogP contribution in [-0.2, 0) is 10.4 Å². The third-order valence-corrected chi connectivity index (χ3v) is 4.34. The molecule has 2 aromatic rings. The quantitative estimate of drug-likeness (QED) is 0.702. The van der Waals surface area contributed by atoms with Gasteiger partial charge < -0.3 is 15.5 Å². The molecule has 1 fully saturated rings. The summed E-state index contributed by atoms with van der Waals surface area (Å²) in [5.41, 5.74) is 0.174. The molecule has 0 atom stereocenters. The smallest absolute Gasteiger partial charge is 0.290 e. The van der Waals surface area contributed by atoms with Gasteiger partial charge in [0.2, 0.25) is 5.95 Å². The second-order valence-corrected chi connectivity index (χ2v) is 6.96. The van der Waals surface area contributed by atoms with E-state index in [2.05, 4.69) is 20.3 Å². The average molecular weight is 376 g/mol. The van der Waals surface area contributed by atoms with Gasteiger partial charge in [-0.25, -0.2) is 14.4 Å². The molecule has 0 spiro atoms. The van der Waals surface area contributed by atoms with Crippen molar-refractivity contribution in [3.05, 3.63) is 36.0 Å². The van der Waals surface area contributed by atoms with Crippen molar-refractivity contribution in [1.29, 1.82) is 0 Å². The van der Waals surface area contributed by atoms with Crippen LogP contribution in [0.5, 0.6) is 0 Å². The first-order chi connectivity index (χ1) is 12.8. The second-order valence-electron chi connectivity index (χ2n) is 6.96. The number of carboxylic acid groups (broad SMARTS) is 1. The summed E-state index contributed by atoms with van der Waals surface area (Å²) in [4.78, 5) is 20.9. The van der Waals surface area contributed by atoms with Crippen LogP contribution in [0.1, 0.15) is 51.6 Å². The van der Waals surface area contributed by atoms with Crippen LogP contribution in [0, 0.1) is 5.82 Å². The lowest BCUT2D eigenvalue weighted by molar-refractivity contribution is -0.122. The van der Waals surface area contributed by atoms with E-state index in [1.54, 1.807) is 32.2 Å². The van der Waals surface area contributed by atoms with Gasteiger partial charge in [-0.15, -0.1) is 0 Å². The van der Waals surface area contributed by atoms with Gasteiger partial charge in [-0.2, -0.15) is 0 Å². The predicted octanol–water partition coefficient (Wildman–Crippen LogP) is 3.35. The number of carbonyl (C=O) groups is 1. The molecule has 8 heteroatoms. The Morgan fingerprint density at radius 2 is 1.93 bits per heavy atom. The molecule has 0 unspecified atom stereocenters. The van der Waals surface area contributed by atoms with Crippen molar-refractivity contribution in [3.8, 4) is 11.3 Å². The SMILES string of the molecule is CC(C)(O)c1cc(-c2nc(NC3CCCCC3)ncc2F)ccn1.O=CO. The number of anilines is 1. The first-order valence-corrected chi connectivity index (χ1v) is 8.91. The van der Waals surface area contributed by atoms with Crippen molar-refractivity contribution in [2.45, 2.75) is 57.6 Å². The van der Waals surface area contributed by atoms with Gasteiger partial charge in [0.25, 0.3) is 6.47 Å². The Kier molecular flexibility index (Phi) is 7.18. The number of aliphatic hydroxyl groups is 1. The molecule has 27 heavy (non-hydrogen) atoms. The number of rotatable bonds is 4. The minimum absolute atomic E-state index is 0.219. The summed E-state index contributed by atoms with van der Waals surface area (Å²) in [5, 5.41) is 20.3. The van der Waals surface area contributed by atoms with Crippen LogP contribution >= 0.6 is 0 Å². The summed E-state index contributed by atoms with van der Waals surface area (Å²) in [6.45, 7) is 3.04. The molecule has 0 saturated heterocycles. The fraction of sp³-hybridized carbons (Fsp3) is 0.474. The molecule has 2 aromatic heterocycles. The minimum Gasteiger partial charge on any atom is -0.483 e. The zero-order chi connectivity index (χ0) is 19.9. The molecule has 1 aliphatic rings. The lowest BCUT2D eigenvalue weighted by Gasteiger charge is -2.23. The van der Waals surface area contributed by atoms with Crippen molar-refractivity contribution < 1.29 is 19.4 Å². The Morgan fingerprint density at radius 1 is 1.26 bits per heavy atom. The first kappa shape index (κ1) is 20.7. The number of hydrogen-bond acceptors (Lipinski definition) is 6. The number of halogens is 1. The lowest BCUT2D eigenvalue weighted by Crippen LogP contribution is -2.23. The van der Waals surface area contributed by atoms with Gasteiger partial charge >= 0.3 is 0 Å². The highest BCUT2D eigenvalue weighted by molar-refractivity contribution is 5.61. The maximum Gasteiger partial charge on any atom is 0.290 e. The van der Waals surface area contributed by atoms with Gasteiger partial charge in [-0.05, 0) is 38.8 Å². The van der Waals surface area contributed by atoms with Gasteiger partial charge in [-0.1, -0.05) is 19.3 Å². The highest BCUT2D eigenvalue weighted by Crippen LogP contribution is 2.26. The maximum atomic E-state index is 14.2. The molecule has 0 aliphatic heterocycles. The fourth-order valence-electron chi connectivity index (χ4n) is 2.98. The van der Waals surface area contributed by atoms with E-state index in [9.17, 15) is 9.50 Å². The van der Waals surface area contributed by atoms with E-state index in [1.165, 1.54) is 25.5 Å². The Balaban J connectivity index is 0.000000817.